The highest BCUT2D eigenvalue weighted by Crippen LogP contribution is 2.35. The molecule has 0 radical (unpaired) electrons. The maximum atomic E-state index is 12.0. The van der Waals surface area contributed by atoms with Gasteiger partial charge in [0.05, 0.1) is 11.1 Å². The molecule has 1 saturated heterocycles. The van der Waals surface area contributed by atoms with Crippen LogP contribution in [0.2, 0.25) is 0 Å². The normalized spacial score (nSPS) is 19.2. The minimum absolute atomic E-state index is 0.164. The van der Waals surface area contributed by atoms with Crippen molar-refractivity contribution in [2.45, 2.75) is 20.3 Å². The lowest BCUT2D eigenvalue weighted by atomic mass is 9.92. The van der Waals surface area contributed by atoms with E-state index < -0.39 is 5.41 Å². The summed E-state index contributed by atoms with van der Waals surface area (Å²) in [4.78, 5) is 25.0. The summed E-state index contributed by atoms with van der Waals surface area (Å²) in [7, 11) is 0. The number of nitrogens with zero attached hydrogens (tertiary/aromatic N) is 1. The van der Waals surface area contributed by atoms with Crippen LogP contribution in [0.5, 0.6) is 0 Å². The molecule has 4 nitrogen and oxygen atoms in total. The Morgan fingerprint density at radius 2 is 2.00 bits per heavy atom. The summed E-state index contributed by atoms with van der Waals surface area (Å²) in [6, 6.07) is 6.81. The lowest BCUT2D eigenvalue weighted by molar-refractivity contribution is -0.124. The summed E-state index contributed by atoms with van der Waals surface area (Å²) in [5.41, 5.74) is 6.13. The predicted octanol–water partition coefficient (Wildman–Crippen LogP) is 1.56. The molecule has 4 heteroatoms. The second-order valence-corrected chi connectivity index (χ2v) is 4.69. The summed E-state index contributed by atoms with van der Waals surface area (Å²) in [5, 5.41) is 0. The topological polar surface area (TPSA) is 63.4 Å². The predicted molar refractivity (Wildman–Crippen MR) is 61.7 cm³/mol. The van der Waals surface area contributed by atoms with E-state index in [1.165, 1.54) is 4.90 Å². The Morgan fingerprint density at radius 3 is 2.50 bits per heavy atom. The first-order valence-corrected chi connectivity index (χ1v) is 5.15. The molecule has 0 unspecified atom stereocenters. The zero-order valence-electron chi connectivity index (χ0n) is 9.36. The number of nitrogen functional groups attached to an aromatic ring is 1. The fraction of sp³-hybridized carbons (Fsp3) is 0.333. The van der Waals surface area contributed by atoms with Crippen molar-refractivity contribution in [1.82, 2.24) is 0 Å². The minimum Gasteiger partial charge on any atom is -0.399 e. The van der Waals surface area contributed by atoms with Crippen LogP contribution in [-0.4, -0.2) is 11.8 Å². The zero-order chi connectivity index (χ0) is 11.9. The second kappa shape index (κ2) is 3.33. The Bertz CT molecular complexity index is 466. The Morgan fingerprint density at radius 1 is 1.31 bits per heavy atom. The van der Waals surface area contributed by atoms with Gasteiger partial charge in [0, 0.05) is 12.1 Å². The average Bonchev–Trinajstić information content (AvgIpc) is 2.36. The van der Waals surface area contributed by atoms with E-state index in [0.29, 0.717) is 11.4 Å². The maximum absolute atomic E-state index is 12.0. The van der Waals surface area contributed by atoms with E-state index in [-0.39, 0.29) is 18.2 Å². The molecular formula is C12H14N2O2. The highest BCUT2D eigenvalue weighted by molar-refractivity contribution is 6.22. The van der Waals surface area contributed by atoms with Gasteiger partial charge in [-0.3, -0.25) is 9.59 Å². The molecule has 0 atom stereocenters. The molecule has 0 saturated carbocycles. The molecule has 1 aromatic rings. The van der Waals surface area contributed by atoms with Crippen molar-refractivity contribution in [3.63, 3.8) is 0 Å². The van der Waals surface area contributed by atoms with Crippen LogP contribution in [0.1, 0.15) is 20.3 Å². The lowest BCUT2D eigenvalue weighted by Crippen LogP contribution is -2.32. The highest BCUT2D eigenvalue weighted by atomic mass is 16.2. The van der Waals surface area contributed by atoms with Crippen molar-refractivity contribution in [2.75, 3.05) is 10.6 Å². The van der Waals surface area contributed by atoms with Gasteiger partial charge >= 0.3 is 0 Å². The molecule has 1 fully saturated rings. The summed E-state index contributed by atoms with van der Waals surface area (Å²) >= 11 is 0. The van der Waals surface area contributed by atoms with Gasteiger partial charge in [0.1, 0.15) is 0 Å². The van der Waals surface area contributed by atoms with Crippen molar-refractivity contribution in [3.05, 3.63) is 24.3 Å². The van der Waals surface area contributed by atoms with Gasteiger partial charge in [-0.1, -0.05) is 19.9 Å². The third-order valence-corrected chi connectivity index (χ3v) is 2.75. The van der Waals surface area contributed by atoms with Crippen molar-refractivity contribution >= 4 is 23.2 Å². The Balaban J connectivity index is 2.43. The number of carbonyl (C=O) groups excluding carboxylic acids is 2. The van der Waals surface area contributed by atoms with Gasteiger partial charge in [0.2, 0.25) is 11.8 Å². The van der Waals surface area contributed by atoms with Gasteiger partial charge in [0.15, 0.2) is 0 Å². The molecule has 0 bridgehead atoms. The Kier molecular flexibility index (Phi) is 2.22. The maximum Gasteiger partial charge on any atom is 0.239 e. The van der Waals surface area contributed by atoms with Gasteiger partial charge in [-0.2, -0.15) is 0 Å². The van der Waals surface area contributed by atoms with Gasteiger partial charge in [-0.05, 0) is 18.2 Å². The molecule has 1 aliphatic rings. The molecule has 1 heterocycles. The van der Waals surface area contributed by atoms with Crippen molar-refractivity contribution in [3.8, 4) is 0 Å². The molecule has 16 heavy (non-hydrogen) atoms. The van der Waals surface area contributed by atoms with E-state index in [9.17, 15) is 9.59 Å². The van der Waals surface area contributed by atoms with Crippen LogP contribution < -0.4 is 10.6 Å². The summed E-state index contributed by atoms with van der Waals surface area (Å²) in [6.45, 7) is 3.55. The Hall–Kier alpha value is -1.84. The van der Waals surface area contributed by atoms with Crippen LogP contribution in [0.4, 0.5) is 11.4 Å². The number of carbonyl (C=O) groups is 2. The standard InChI is InChI=1S/C12H14N2O2/c1-12(2)7-10(15)14(11(12)16)9-5-3-4-8(13)6-9/h3-6H,7,13H2,1-2H3. The number of hydrogen-bond acceptors (Lipinski definition) is 3. The number of nitrogens with two attached hydrogens (primary N) is 1. The molecule has 2 rings (SSSR count). The molecule has 2 N–H and O–H groups in total. The molecular weight excluding hydrogens is 204 g/mol. The number of anilines is 2. The molecule has 0 spiro atoms. The van der Waals surface area contributed by atoms with Gasteiger partial charge in [-0.15, -0.1) is 0 Å². The number of benzene rings is 1. The summed E-state index contributed by atoms with van der Waals surface area (Å²) in [5.74, 6) is -0.330. The van der Waals surface area contributed by atoms with E-state index in [4.69, 9.17) is 5.73 Å². The first-order valence-electron chi connectivity index (χ1n) is 5.15. The third kappa shape index (κ3) is 1.56. The van der Waals surface area contributed by atoms with Gasteiger partial charge in [-0.25, -0.2) is 4.90 Å². The van der Waals surface area contributed by atoms with Crippen LogP contribution in [0.3, 0.4) is 0 Å². The van der Waals surface area contributed by atoms with E-state index in [1.807, 2.05) is 0 Å². The van der Waals surface area contributed by atoms with Crippen LogP contribution in [0.15, 0.2) is 24.3 Å². The van der Waals surface area contributed by atoms with Crippen molar-refractivity contribution in [1.29, 1.82) is 0 Å². The number of rotatable bonds is 1. The molecule has 0 aliphatic carbocycles. The molecule has 1 aliphatic heterocycles. The second-order valence-electron chi connectivity index (χ2n) is 4.69. The summed E-state index contributed by atoms with van der Waals surface area (Å²) in [6.07, 6.45) is 0.251. The smallest absolute Gasteiger partial charge is 0.239 e. The Labute approximate surface area is 94.0 Å². The van der Waals surface area contributed by atoms with E-state index >= 15 is 0 Å². The number of amides is 2. The van der Waals surface area contributed by atoms with Crippen molar-refractivity contribution < 1.29 is 9.59 Å². The fourth-order valence-electron chi connectivity index (χ4n) is 1.87. The number of imide groups is 1. The molecule has 2 amide bonds. The largest absolute Gasteiger partial charge is 0.399 e. The zero-order valence-corrected chi connectivity index (χ0v) is 9.36. The van der Waals surface area contributed by atoms with E-state index in [1.54, 1.807) is 38.1 Å². The SMILES string of the molecule is CC1(C)CC(=O)N(c2cccc(N)c2)C1=O. The van der Waals surface area contributed by atoms with Crippen LogP contribution in [-0.2, 0) is 9.59 Å². The molecule has 0 aromatic heterocycles. The number of hydrogen-bond donors (Lipinski definition) is 1. The fourth-order valence-corrected chi connectivity index (χ4v) is 1.87. The van der Waals surface area contributed by atoms with Gasteiger partial charge < -0.3 is 5.73 Å². The average molecular weight is 218 g/mol. The van der Waals surface area contributed by atoms with Gasteiger partial charge in [0.25, 0.3) is 0 Å². The quantitative estimate of drug-likeness (QED) is 0.574. The van der Waals surface area contributed by atoms with Crippen LogP contribution >= 0.6 is 0 Å². The summed E-state index contributed by atoms with van der Waals surface area (Å²) < 4.78 is 0. The van der Waals surface area contributed by atoms with E-state index in [0.717, 1.165) is 0 Å². The van der Waals surface area contributed by atoms with E-state index in [2.05, 4.69) is 0 Å². The lowest BCUT2D eigenvalue weighted by Gasteiger charge is -2.17. The molecule has 1 aromatic carbocycles. The monoisotopic (exact) mass is 218 g/mol. The minimum atomic E-state index is -0.609. The highest BCUT2D eigenvalue weighted by Gasteiger charge is 2.45. The van der Waals surface area contributed by atoms with Crippen molar-refractivity contribution in [2.24, 2.45) is 5.41 Å². The first-order chi connectivity index (χ1) is 7.42. The van der Waals surface area contributed by atoms with Crippen LogP contribution in [0.25, 0.3) is 0 Å². The third-order valence-electron chi connectivity index (χ3n) is 2.75. The first kappa shape index (κ1) is 10.7. The van der Waals surface area contributed by atoms with Crippen LogP contribution in [0, 0.1) is 5.41 Å². The molecule has 84 valence electrons.